The highest BCUT2D eigenvalue weighted by Crippen LogP contribution is 2.19. The highest BCUT2D eigenvalue weighted by molar-refractivity contribution is 7.98. The number of thioether (sulfide) groups is 1. The lowest BCUT2D eigenvalue weighted by Gasteiger charge is -2.23. The number of carboxylic acid groups (broad SMARTS) is 1. The molecule has 108 valence electrons. The largest absolute Gasteiger partial charge is 0.477 e. The maximum Gasteiger partial charge on any atom is 0.352 e. The Hall–Kier alpha value is -0.990. The number of sulfonamides is 1. The van der Waals surface area contributed by atoms with E-state index in [1.807, 2.05) is 13.2 Å². The van der Waals surface area contributed by atoms with E-state index in [9.17, 15) is 13.2 Å². The molecule has 0 radical (unpaired) electrons. The summed E-state index contributed by atoms with van der Waals surface area (Å²) in [6.07, 6.45) is 3.91. The lowest BCUT2D eigenvalue weighted by molar-refractivity contribution is 0.0691. The number of rotatable bonds is 7. The Morgan fingerprint density at radius 2 is 2.21 bits per heavy atom. The van der Waals surface area contributed by atoms with E-state index in [0.29, 0.717) is 0 Å². The molecule has 1 aromatic rings. The third-order valence-electron chi connectivity index (χ3n) is 2.92. The van der Waals surface area contributed by atoms with Crippen LogP contribution in [0, 0.1) is 0 Å². The molecule has 8 heteroatoms. The molecule has 1 unspecified atom stereocenters. The summed E-state index contributed by atoms with van der Waals surface area (Å²) in [4.78, 5) is 13.2. The van der Waals surface area contributed by atoms with Crippen LogP contribution in [0.5, 0.6) is 0 Å². The summed E-state index contributed by atoms with van der Waals surface area (Å²) >= 11 is 1.66. The zero-order valence-corrected chi connectivity index (χ0v) is 12.7. The molecule has 6 nitrogen and oxygen atoms in total. The van der Waals surface area contributed by atoms with Crippen LogP contribution in [0.4, 0.5) is 0 Å². The van der Waals surface area contributed by atoms with Crippen LogP contribution in [0.25, 0.3) is 0 Å². The summed E-state index contributed by atoms with van der Waals surface area (Å²) in [5.74, 6) is -0.311. The van der Waals surface area contributed by atoms with E-state index in [-0.39, 0.29) is 16.6 Å². The van der Waals surface area contributed by atoms with Gasteiger partial charge in [-0.05, 0) is 31.4 Å². The van der Waals surface area contributed by atoms with Gasteiger partial charge in [0.1, 0.15) is 10.6 Å². The van der Waals surface area contributed by atoms with Crippen LogP contribution in [-0.4, -0.2) is 53.9 Å². The Kier molecular flexibility index (Phi) is 5.45. The van der Waals surface area contributed by atoms with Gasteiger partial charge in [-0.25, -0.2) is 13.2 Å². The van der Waals surface area contributed by atoms with Crippen molar-refractivity contribution in [3.8, 4) is 0 Å². The first-order chi connectivity index (χ1) is 8.80. The predicted octanol–water partition coefficient (Wildman–Crippen LogP) is 1.47. The van der Waals surface area contributed by atoms with Crippen LogP contribution in [0.1, 0.15) is 23.8 Å². The fourth-order valence-corrected chi connectivity index (χ4v) is 3.48. The fraction of sp³-hybridized carbons (Fsp3) is 0.545. The molecule has 0 fully saturated rings. The van der Waals surface area contributed by atoms with Gasteiger partial charge in [0.25, 0.3) is 0 Å². The Labute approximate surface area is 117 Å². The van der Waals surface area contributed by atoms with Crippen LogP contribution < -0.4 is 0 Å². The van der Waals surface area contributed by atoms with Crippen LogP contribution in [0.2, 0.25) is 0 Å². The summed E-state index contributed by atoms with van der Waals surface area (Å²) in [6.45, 7) is 1.83. The number of aromatic nitrogens is 1. The zero-order valence-electron chi connectivity index (χ0n) is 11.1. The first kappa shape index (κ1) is 16.1. The van der Waals surface area contributed by atoms with Crippen molar-refractivity contribution in [2.24, 2.45) is 0 Å². The van der Waals surface area contributed by atoms with Gasteiger partial charge in [-0.15, -0.1) is 0 Å². The van der Waals surface area contributed by atoms with Crippen LogP contribution in [-0.2, 0) is 10.0 Å². The number of aromatic amines is 1. The van der Waals surface area contributed by atoms with Gasteiger partial charge in [-0.3, -0.25) is 0 Å². The van der Waals surface area contributed by atoms with Crippen LogP contribution in [0.15, 0.2) is 17.2 Å². The second-order valence-corrected chi connectivity index (χ2v) is 7.19. The molecule has 0 aliphatic heterocycles. The van der Waals surface area contributed by atoms with Gasteiger partial charge in [0.2, 0.25) is 10.0 Å². The molecule has 0 saturated carbocycles. The monoisotopic (exact) mass is 306 g/mol. The van der Waals surface area contributed by atoms with Gasteiger partial charge < -0.3 is 10.1 Å². The van der Waals surface area contributed by atoms with E-state index in [1.165, 1.54) is 17.5 Å². The standard InChI is InChI=1S/C11H18N2O4S2/c1-8(4-5-18-3)13(2)19(16,17)9-6-10(11(14)15)12-7-9/h6-8,12H,4-5H2,1-3H3,(H,14,15). The number of carboxylic acids is 1. The second-order valence-electron chi connectivity index (χ2n) is 4.21. The van der Waals surface area contributed by atoms with E-state index in [1.54, 1.807) is 11.8 Å². The van der Waals surface area contributed by atoms with Gasteiger partial charge in [0.15, 0.2) is 0 Å². The van der Waals surface area contributed by atoms with Crippen molar-refractivity contribution in [1.29, 1.82) is 0 Å². The zero-order chi connectivity index (χ0) is 14.6. The third kappa shape index (κ3) is 3.74. The summed E-state index contributed by atoms with van der Waals surface area (Å²) in [6, 6.07) is 0.996. The van der Waals surface area contributed by atoms with Crippen molar-refractivity contribution >= 4 is 27.8 Å². The number of H-pyrrole nitrogens is 1. The number of nitrogens with zero attached hydrogens (tertiary/aromatic N) is 1. The Balaban J connectivity index is 2.92. The van der Waals surface area contributed by atoms with Gasteiger partial charge in [0.05, 0.1) is 0 Å². The maximum absolute atomic E-state index is 12.3. The van der Waals surface area contributed by atoms with Gasteiger partial charge in [0, 0.05) is 19.3 Å². The number of carbonyl (C=O) groups is 1. The topological polar surface area (TPSA) is 90.5 Å². The average Bonchev–Trinajstić information content (AvgIpc) is 2.85. The van der Waals surface area contributed by atoms with Crippen LogP contribution in [0.3, 0.4) is 0 Å². The first-order valence-electron chi connectivity index (χ1n) is 5.69. The number of aromatic carboxylic acids is 1. The number of hydrogen-bond donors (Lipinski definition) is 2. The van der Waals surface area contributed by atoms with E-state index in [4.69, 9.17) is 5.11 Å². The minimum atomic E-state index is -3.65. The van der Waals surface area contributed by atoms with Crippen LogP contribution >= 0.6 is 11.8 Å². The van der Waals surface area contributed by atoms with Gasteiger partial charge in [-0.1, -0.05) is 0 Å². The molecule has 0 aliphatic rings. The summed E-state index contributed by atoms with van der Waals surface area (Å²) in [7, 11) is -2.14. The number of nitrogens with one attached hydrogen (secondary N) is 1. The lowest BCUT2D eigenvalue weighted by Crippen LogP contribution is -2.35. The molecular formula is C11H18N2O4S2. The molecule has 1 aromatic heterocycles. The van der Waals surface area contributed by atoms with E-state index in [2.05, 4.69) is 4.98 Å². The molecule has 0 spiro atoms. The highest BCUT2D eigenvalue weighted by Gasteiger charge is 2.26. The summed E-state index contributed by atoms with van der Waals surface area (Å²) < 4.78 is 25.8. The molecule has 2 N–H and O–H groups in total. The fourth-order valence-electron chi connectivity index (χ4n) is 1.52. The van der Waals surface area contributed by atoms with Gasteiger partial charge >= 0.3 is 5.97 Å². The molecule has 19 heavy (non-hydrogen) atoms. The summed E-state index contributed by atoms with van der Waals surface area (Å²) in [5.41, 5.74) is -0.135. The molecular weight excluding hydrogens is 288 g/mol. The summed E-state index contributed by atoms with van der Waals surface area (Å²) in [5, 5.41) is 8.79. The molecule has 0 bridgehead atoms. The molecule has 0 amide bonds. The van der Waals surface area contributed by atoms with Crippen molar-refractivity contribution in [2.45, 2.75) is 24.3 Å². The lowest BCUT2D eigenvalue weighted by atomic mass is 10.3. The average molecular weight is 306 g/mol. The van der Waals surface area contributed by atoms with Crippen molar-refractivity contribution < 1.29 is 18.3 Å². The molecule has 1 atom stereocenters. The predicted molar refractivity (Wildman–Crippen MR) is 75.2 cm³/mol. The van der Waals surface area contributed by atoms with Crippen molar-refractivity contribution in [3.63, 3.8) is 0 Å². The SMILES string of the molecule is CSCCC(C)N(C)S(=O)(=O)c1c[nH]c(C(=O)O)c1. The molecule has 1 heterocycles. The smallest absolute Gasteiger partial charge is 0.352 e. The molecule has 0 aliphatic carbocycles. The third-order valence-corrected chi connectivity index (χ3v) is 5.52. The first-order valence-corrected chi connectivity index (χ1v) is 8.52. The highest BCUT2D eigenvalue weighted by atomic mass is 32.2. The normalized spacial score (nSPS) is 13.7. The Bertz CT molecular complexity index is 539. The minimum Gasteiger partial charge on any atom is -0.477 e. The van der Waals surface area contributed by atoms with E-state index in [0.717, 1.165) is 18.2 Å². The maximum atomic E-state index is 12.3. The van der Waals surface area contributed by atoms with E-state index < -0.39 is 16.0 Å². The molecule has 0 saturated heterocycles. The molecule has 0 aromatic carbocycles. The Morgan fingerprint density at radius 3 is 2.68 bits per heavy atom. The van der Waals surface area contributed by atoms with Crippen molar-refractivity contribution in [3.05, 3.63) is 18.0 Å². The minimum absolute atomic E-state index is 0.0246. The van der Waals surface area contributed by atoms with E-state index >= 15 is 0 Å². The second kappa shape index (κ2) is 6.44. The number of hydrogen-bond acceptors (Lipinski definition) is 4. The molecule has 1 rings (SSSR count). The van der Waals surface area contributed by atoms with Crippen molar-refractivity contribution in [1.82, 2.24) is 9.29 Å². The van der Waals surface area contributed by atoms with Crippen molar-refractivity contribution in [2.75, 3.05) is 19.1 Å². The Morgan fingerprint density at radius 1 is 1.58 bits per heavy atom. The quantitative estimate of drug-likeness (QED) is 0.796. The van der Waals surface area contributed by atoms with Gasteiger partial charge in [-0.2, -0.15) is 16.1 Å².